The Bertz CT molecular complexity index is 513. The van der Waals surface area contributed by atoms with Crippen molar-refractivity contribution in [3.8, 4) is 0 Å². The highest BCUT2D eigenvalue weighted by Crippen LogP contribution is 2.25. The zero-order valence-corrected chi connectivity index (χ0v) is 10.7. The van der Waals surface area contributed by atoms with Crippen molar-refractivity contribution in [3.05, 3.63) is 35.4 Å². The highest BCUT2D eigenvalue weighted by Gasteiger charge is 2.30. The minimum Gasteiger partial charge on any atom is -0.481 e. The van der Waals surface area contributed by atoms with Gasteiger partial charge in [-0.05, 0) is 31.4 Å². The number of carboxylic acid groups (broad SMARTS) is 1. The van der Waals surface area contributed by atoms with E-state index in [4.69, 9.17) is 5.11 Å². The molecule has 0 spiro atoms. The number of aliphatic carboxylic acids is 1. The Balaban J connectivity index is 1.92. The number of carbonyl (C=O) groups excluding carboxylic acids is 1. The molecule has 6 heteroatoms. The molecule has 0 radical (unpaired) electrons. The van der Waals surface area contributed by atoms with Crippen molar-refractivity contribution < 1.29 is 23.5 Å². The van der Waals surface area contributed by atoms with Crippen molar-refractivity contribution in [2.45, 2.75) is 31.7 Å². The predicted molar refractivity (Wildman–Crippen MR) is 67.0 cm³/mol. The van der Waals surface area contributed by atoms with E-state index in [1.54, 1.807) is 0 Å². The maximum Gasteiger partial charge on any atom is 0.306 e. The van der Waals surface area contributed by atoms with E-state index in [0.717, 1.165) is 12.1 Å². The Kier molecular flexibility index (Phi) is 4.32. The van der Waals surface area contributed by atoms with Gasteiger partial charge in [-0.1, -0.05) is 6.07 Å². The van der Waals surface area contributed by atoms with Crippen LogP contribution >= 0.6 is 0 Å². The van der Waals surface area contributed by atoms with Crippen LogP contribution in [-0.4, -0.2) is 23.0 Å². The fourth-order valence-corrected chi connectivity index (χ4v) is 2.48. The molecule has 0 heterocycles. The first kappa shape index (κ1) is 14.4. The van der Waals surface area contributed by atoms with Crippen molar-refractivity contribution in [1.29, 1.82) is 0 Å². The van der Waals surface area contributed by atoms with Crippen LogP contribution in [0, 0.1) is 17.6 Å². The smallest absolute Gasteiger partial charge is 0.306 e. The second-order valence-corrected chi connectivity index (χ2v) is 4.99. The van der Waals surface area contributed by atoms with Crippen molar-refractivity contribution in [3.63, 3.8) is 0 Å². The Morgan fingerprint density at radius 1 is 1.25 bits per heavy atom. The number of amides is 1. The number of halogens is 2. The maximum absolute atomic E-state index is 13.4. The van der Waals surface area contributed by atoms with E-state index < -0.39 is 29.4 Å². The molecular formula is C14H15F2NO3. The van der Waals surface area contributed by atoms with Crippen LogP contribution in [0.3, 0.4) is 0 Å². The molecule has 1 fully saturated rings. The fourth-order valence-electron chi connectivity index (χ4n) is 2.48. The van der Waals surface area contributed by atoms with Crippen molar-refractivity contribution in [2.75, 3.05) is 0 Å². The first-order valence-electron chi connectivity index (χ1n) is 6.42. The van der Waals surface area contributed by atoms with Gasteiger partial charge < -0.3 is 10.4 Å². The summed E-state index contributed by atoms with van der Waals surface area (Å²) in [7, 11) is 0. The first-order chi connectivity index (χ1) is 9.47. The number of nitrogens with one attached hydrogen (secondary N) is 1. The number of carbonyl (C=O) groups is 2. The largest absolute Gasteiger partial charge is 0.481 e. The zero-order valence-electron chi connectivity index (χ0n) is 10.7. The number of hydrogen-bond acceptors (Lipinski definition) is 2. The number of rotatable bonds is 4. The molecule has 0 unspecified atom stereocenters. The van der Waals surface area contributed by atoms with Gasteiger partial charge in [0.25, 0.3) is 0 Å². The number of benzene rings is 1. The summed E-state index contributed by atoms with van der Waals surface area (Å²) in [5, 5.41) is 11.5. The van der Waals surface area contributed by atoms with Crippen LogP contribution in [-0.2, 0) is 16.0 Å². The lowest BCUT2D eigenvalue weighted by Crippen LogP contribution is -2.34. The molecule has 0 aromatic heterocycles. The Morgan fingerprint density at radius 3 is 2.45 bits per heavy atom. The van der Waals surface area contributed by atoms with Gasteiger partial charge in [-0.2, -0.15) is 0 Å². The van der Waals surface area contributed by atoms with Gasteiger partial charge in [0, 0.05) is 11.6 Å². The molecular weight excluding hydrogens is 268 g/mol. The summed E-state index contributed by atoms with van der Waals surface area (Å²) in [5.74, 6) is -3.33. The van der Waals surface area contributed by atoms with Gasteiger partial charge in [-0.3, -0.25) is 9.59 Å². The molecule has 0 saturated heterocycles. The molecule has 0 bridgehead atoms. The zero-order chi connectivity index (χ0) is 14.7. The second kappa shape index (κ2) is 5.98. The fraction of sp³-hybridized carbons (Fsp3) is 0.429. The average Bonchev–Trinajstić information content (AvgIpc) is 2.82. The van der Waals surface area contributed by atoms with E-state index in [1.807, 2.05) is 0 Å². The van der Waals surface area contributed by atoms with E-state index in [0.29, 0.717) is 19.3 Å². The summed E-state index contributed by atoms with van der Waals surface area (Å²) in [4.78, 5) is 22.6. The molecule has 1 aromatic rings. The minimum atomic E-state index is -0.873. The van der Waals surface area contributed by atoms with Crippen molar-refractivity contribution in [1.82, 2.24) is 5.32 Å². The number of hydrogen-bond donors (Lipinski definition) is 2. The Hall–Kier alpha value is -1.98. The topological polar surface area (TPSA) is 66.4 Å². The Morgan fingerprint density at radius 2 is 1.90 bits per heavy atom. The van der Waals surface area contributed by atoms with E-state index in [9.17, 15) is 18.4 Å². The van der Waals surface area contributed by atoms with Crippen LogP contribution in [0.2, 0.25) is 0 Å². The average molecular weight is 283 g/mol. The van der Waals surface area contributed by atoms with Crippen molar-refractivity contribution in [2.24, 2.45) is 5.92 Å². The minimum absolute atomic E-state index is 0.238. The SMILES string of the molecule is O=C(Cc1c(F)cccc1F)N[C@@H]1CC[C@H](C(=O)O)C1. The molecule has 0 aliphatic heterocycles. The lowest BCUT2D eigenvalue weighted by Gasteiger charge is -2.13. The van der Waals surface area contributed by atoms with Crippen molar-refractivity contribution >= 4 is 11.9 Å². The summed E-state index contributed by atoms with van der Waals surface area (Å²) in [5.41, 5.74) is -0.266. The molecule has 108 valence electrons. The highest BCUT2D eigenvalue weighted by atomic mass is 19.1. The summed E-state index contributed by atoms with van der Waals surface area (Å²) in [6.07, 6.45) is 1.06. The normalized spacial score (nSPS) is 21.7. The quantitative estimate of drug-likeness (QED) is 0.886. The van der Waals surface area contributed by atoms with Crippen LogP contribution in [0.4, 0.5) is 8.78 Å². The predicted octanol–water partition coefficient (Wildman–Crippen LogP) is 1.88. The van der Waals surface area contributed by atoms with Crippen LogP contribution in [0.5, 0.6) is 0 Å². The summed E-state index contributed by atoms with van der Waals surface area (Å²) >= 11 is 0. The summed E-state index contributed by atoms with van der Waals surface area (Å²) < 4.78 is 26.8. The third-order valence-corrected chi connectivity index (χ3v) is 3.55. The number of carboxylic acids is 1. The lowest BCUT2D eigenvalue weighted by molar-refractivity contribution is -0.141. The van der Waals surface area contributed by atoms with E-state index >= 15 is 0 Å². The Labute approximate surface area is 114 Å². The monoisotopic (exact) mass is 283 g/mol. The molecule has 2 atom stereocenters. The first-order valence-corrected chi connectivity index (χ1v) is 6.42. The maximum atomic E-state index is 13.4. The standard InChI is InChI=1S/C14H15F2NO3/c15-11-2-1-3-12(16)10(11)7-13(18)17-9-5-4-8(6-9)14(19)20/h1-3,8-9H,4-7H2,(H,17,18)(H,19,20)/t8-,9+/m0/s1. The molecule has 1 aromatic carbocycles. The molecule has 1 aliphatic rings. The van der Waals surface area contributed by atoms with E-state index in [2.05, 4.69) is 5.32 Å². The van der Waals surface area contributed by atoms with Crippen LogP contribution < -0.4 is 5.32 Å². The van der Waals surface area contributed by atoms with Gasteiger partial charge in [-0.15, -0.1) is 0 Å². The van der Waals surface area contributed by atoms with Gasteiger partial charge in [0.05, 0.1) is 12.3 Å². The molecule has 2 rings (SSSR count). The highest BCUT2D eigenvalue weighted by molar-refractivity contribution is 5.79. The van der Waals surface area contributed by atoms with Crippen LogP contribution in [0.15, 0.2) is 18.2 Å². The van der Waals surface area contributed by atoms with Gasteiger partial charge >= 0.3 is 5.97 Å². The van der Waals surface area contributed by atoms with Gasteiger partial charge in [0.1, 0.15) is 11.6 Å². The molecule has 2 N–H and O–H groups in total. The molecule has 1 amide bonds. The van der Waals surface area contributed by atoms with Crippen LogP contribution in [0.25, 0.3) is 0 Å². The summed E-state index contributed by atoms with van der Waals surface area (Å²) in [6.45, 7) is 0. The second-order valence-electron chi connectivity index (χ2n) is 4.99. The van der Waals surface area contributed by atoms with E-state index in [1.165, 1.54) is 6.07 Å². The van der Waals surface area contributed by atoms with E-state index in [-0.39, 0.29) is 18.0 Å². The molecule has 1 saturated carbocycles. The summed E-state index contributed by atoms with van der Waals surface area (Å²) in [6, 6.07) is 3.20. The molecule has 20 heavy (non-hydrogen) atoms. The van der Waals surface area contributed by atoms with Crippen LogP contribution in [0.1, 0.15) is 24.8 Å². The third-order valence-electron chi connectivity index (χ3n) is 3.55. The van der Waals surface area contributed by atoms with Gasteiger partial charge in [0.15, 0.2) is 0 Å². The van der Waals surface area contributed by atoms with Gasteiger partial charge in [0.2, 0.25) is 5.91 Å². The van der Waals surface area contributed by atoms with Gasteiger partial charge in [-0.25, -0.2) is 8.78 Å². The third kappa shape index (κ3) is 3.31. The molecule has 1 aliphatic carbocycles. The lowest BCUT2D eigenvalue weighted by atomic mass is 10.1. The molecule has 4 nitrogen and oxygen atoms in total.